The topological polar surface area (TPSA) is 55.3 Å². The first-order valence-corrected chi connectivity index (χ1v) is 9.02. The van der Waals surface area contributed by atoms with E-state index in [9.17, 15) is 0 Å². The fraction of sp³-hybridized carbons (Fsp3) is 0.941. The minimum atomic E-state index is 0.593. The molecule has 0 aromatic heterocycles. The van der Waals surface area contributed by atoms with E-state index >= 15 is 0 Å². The lowest BCUT2D eigenvalue weighted by atomic mass is 10.1. The molecule has 134 valence electrons. The zero-order valence-electron chi connectivity index (χ0n) is 14.8. The van der Waals surface area contributed by atoms with E-state index in [0.717, 1.165) is 84.5 Å². The van der Waals surface area contributed by atoms with Gasteiger partial charge in [-0.25, -0.2) is 0 Å². The summed E-state index contributed by atoms with van der Waals surface area (Å²) in [4.78, 5) is 6.93. The quantitative estimate of drug-likeness (QED) is 0.394. The van der Waals surface area contributed by atoms with Crippen molar-refractivity contribution >= 4 is 5.96 Å². The third-order valence-corrected chi connectivity index (χ3v) is 4.34. The van der Waals surface area contributed by atoms with Crippen LogP contribution in [0.15, 0.2) is 4.99 Å². The Bertz CT molecular complexity index is 340. The fourth-order valence-electron chi connectivity index (χ4n) is 2.99. The number of hydrogen-bond acceptors (Lipinski definition) is 4. The van der Waals surface area contributed by atoms with E-state index in [2.05, 4.69) is 24.2 Å². The summed E-state index contributed by atoms with van der Waals surface area (Å²) in [6.07, 6.45) is 3.25. The van der Waals surface area contributed by atoms with Crippen LogP contribution in [0.3, 0.4) is 0 Å². The molecule has 6 nitrogen and oxygen atoms in total. The molecule has 2 rings (SSSR count). The minimum absolute atomic E-state index is 0.593. The third-order valence-electron chi connectivity index (χ3n) is 4.34. The van der Waals surface area contributed by atoms with Crippen molar-refractivity contribution in [2.75, 3.05) is 66.3 Å². The van der Waals surface area contributed by atoms with Crippen molar-refractivity contribution in [2.24, 2.45) is 16.8 Å². The van der Waals surface area contributed by atoms with Gasteiger partial charge in [0.15, 0.2) is 5.96 Å². The summed E-state index contributed by atoms with van der Waals surface area (Å²) in [5.74, 6) is 2.21. The second kappa shape index (κ2) is 10.8. The van der Waals surface area contributed by atoms with Crippen LogP contribution in [0.2, 0.25) is 0 Å². The molecule has 2 fully saturated rings. The molecule has 0 radical (unpaired) electrons. The van der Waals surface area contributed by atoms with Gasteiger partial charge in [0, 0.05) is 58.3 Å². The van der Waals surface area contributed by atoms with Gasteiger partial charge in [0.05, 0.1) is 19.8 Å². The number of ether oxygens (including phenoxy) is 3. The zero-order valence-corrected chi connectivity index (χ0v) is 14.8. The summed E-state index contributed by atoms with van der Waals surface area (Å²) in [6.45, 7) is 9.93. The van der Waals surface area contributed by atoms with E-state index in [-0.39, 0.29) is 0 Å². The number of nitrogens with zero attached hydrogens (tertiary/aromatic N) is 2. The normalized spacial score (nSPS) is 25.0. The molecule has 2 aliphatic heterocycles. The van der Waals surface area contributed by atoms with E-state index in [1.807, 2.05) is 0 Å². The lowest BCUT2D eigenvalue weighted by Gasteiger charge is -2.24. The minimum Gasteiger partial charge on any atom is -0.381 e. The summed E-state index contributed by atoms with van der Waals surface area (Å²) in [6, 6.07) is 0. The average Bonchev–Trinajstić information content (AvgIpc) is 3.23. The van der Waals surface area contributed by atoms with Crippen LogP contribution in [0, 0.1) is 11.8 Å². The van der Waals surface area contributed by atoms with Crippen LogP contribution in [-0.2, 0) is 14.2 Å². The van der Waals surface area contributed by atoms with Crippen molar-refractivity contribution in [3.8, 4) is 0 Å². The van der Waals surface area contributed by atoms with Crippen LogP contribution >= 0.6 is 0 Å². The van der Waals surface area contributed by atoms with Crippen LogP contribution < -0.4 is 5.32 Å². The van der Waals surface area contributed by atoms with Crippen molar-refractivity contribution in [2.45, 2.75) is 26.2 Å². The number of nitrogens with one attached hydrogen (secondary N) is 1. The molecule has 2 saturated heterocycles. The molecule has 0 aliphatic carbocycles. The standard InChI is InChI=1S/C17H33N3O3/c1-3-18-17(20(2)11-15-5-9-22-12-15)19-7-4-8-21-13-16-6-10-23-14-16/h15-16H,3-14H2,1-2H3,(H,18,19). The molecule has 0 aromatic rings. The Kier molecular flexibility index (Phi) is 8.71. The molecule has 1 N–H and O–H groups in total. The molecule has 2 unspecified atom stereocenters. The number of aliphatic imine (C=N–C) groups is 1. The van der Waals surface area contributed by atoms with Crippen molar-refractivity contribution in [3.63, 3.8) is 0 Å². The first-order valence-electron chi connectivity index (χ1n) is 9.02. The maximum Gasteiger partial charge on any atom is 0.193 e. The molecule has 0 aromatic carbocycles. The van der Waals surface area contributed by atoms with Gasteiger partial charge in [-0.1, -0.05) is 0 Å². The Morgan fingerprint density at radius 1 is 1.22 bits per heavy atom. The van der Waals surface area contributed by atoms with Gasteiger partial charge in [0.1, 0.15) is 0 Å². The van der Waals surface area contributed by atoms with Crippen molar-refractivity contribution in [1.29, 1.82) is 0 Å². The molecular formula is C17H33N3O3. The molecular weight excluding hydrogens is 294 g/mol. The molecule has 23 heavy (non-hydrogen) atoms. The number of rotatable bonds is 9. The monoisotopic (exact) mass is 327 g/mol. The Hall–Kier alpha value is -0.850. The summed E-state index contributed by atoms with van der Waals surface area (Å²) < 4.78 is 16.5. The second-order valence-electron chi connectivity index (χ2n) is 6.50. The summed E-state index contributed by atoms with van der Waals surface area (Å²) in [7, 11) is 2.11. The molecule has 6 heteroatoms. The van der Waals surface area contributed by atoms with Crippen molar-refractivity contribution < 1.29 is 14.2 Å². The summed E-state index contributed by atoms with van der Waals surface area (Å²) >= 11 is 0. The highest BCUT2D eigenvalue weighted by atomic mass is 16.5. The molecule has 0 spiro atoms. The molecule has 0 amide bonds. The van der Waals surface area contributed by atoms with Gasteiger partial charge < -0.3 is 24.4 Å². The van der Waals surface area contributed by atoms with E-state index < -0.39 is 0 Å². The smallest absolute Gasteiger partial charge is 0.193 e. The SMILES string of the molecule is CCNC(=NCCCOCC1CCOC1)N(C)CC1CCOC1. The van der Waals surface area contributed by atoms with Crippen LogP contribution in [-0.4, -0.2) is 77.2 Å². The van der Waals surface area contributed by atoms with Gasteiger partial charge in [-0.3, -0.25) is 4.99 Å². The number of guanidine groups is 1. The van der Waals surface area contributed by atoms with Gasteiger partial charge in [-0.2, -0.15) is 0 Å². The lowest BCUT2D eigenvalue weighted by molar-refractivity contribution is 0.0893. The Morgan fingerprint density at radius 3 is 2.61 bits per heavy atom. The van der Waals surface area contributed by atoms with Gasteiger partial charge in [0.2, 0.25) is 0 Å². The lowest BCUT2D eigenvalue weighted by Crippen LogP contribution is -2.41. The highest BCUT2D eigenvalue weighted by Crippen LogP contribution is 2.13. The highest BCUT2D eigenvalue weighted by Gasteiger charge is 2.19. The van der Waals surface area contributed by atoms with Crippen LogP contribution in [0.5, 0.6) is 0 Å². The first kappa shape index (κ1) is 18.5. The van der Waals surface area contributed by atoms with Crippen LogP contribution in [0.4, 0.5) is 0 Å². The Balaban J connectivity index is 1.61. The van der Waals surface area contributed by atoms with Crippen LogP contribution in [0.1, 0.15) is 26.2 Å². The second-order valence-corrected chi connectivity index (χ2v) is 6.50. The largest absolute Gasteiger partial charge is 0.381 e. The first-order chi connectivity index (χ1) is 11.3. The van der Waals surface area contributed by atoms with Gasteiger partial charge in [0.25, 0.3) is 0 Å². The highest BCUT2D eigenvalue weighted by molar-refractivity contribution is 5.79. The average molecular weight is 327 g/mol. The van der Waals surface area contributed by atoms with E-state index in [1.54, 1.807) is 0 Å². The van der Waals surface area contributed by atoms with Crippen molar-refractivity contribution in [1.82, 2.24) is 10.2 Å². The maximum atomic E-state index is 5.73. The predicted octanol–water partition coefficient (Wildman–Crippen LogP) is 1.36. The summed E-state index contributed by atoms with van der Waals surface area (Å²) in [5, 5.41) is 3.37. The van der Waals surface area contributed by atoms with E-state index in [0.29, 0.717) is 11.8 Å². The predicted molar refractivity (Wildman–Crippen MR) is 91.9 cm³/mol. The molecule has 2 atom stereocenters. The molecule has 0 saturated carbocycles. The maximum absolute atomic E-state index is 5.73. The fourth-order valence-corrected chi connectivity index (χ4v) is 2.99. The van der Waals surface area contributed by atoms with Crippen LogP contribution in [0.25, 0.3) is 0 Å². The van der Waals surface area contributed by atoms with Gasteiger partial charge >= 0.3 is 0 Å². The molecule has 2 heterocycles. The van der Waals surface area contributed by atoms with Gasteiger partial charge in [-0.05, 0) is 26.2 Å². The number of hydrogen-bond donors (Lipinski definition) is 1. The van der Waals surface area contributed by atoms with E-state index in [4.69, 9.17) is 19.2 Å². The van der Waals surface area contributed by atoms with E-state index in [1.165, 1.54) is 0 Å². The molecule has 2 aliphatic rings. The Morgan fingerprint density at radius 2 is 1.96 bits per heavy atom. The van der Waals surface area contributed by atoms with Gasteiger partial charge in [-0.15, -0.1) is 0 Å². The third kappa shape index (κ3) is 7.06. The van der Waals surface area contributed by atoms with Crippen molar-refractivity contribution in [3.05, 3.63) is 0 Å². The Labute approximate surface area is 140 Å². The molecule has 0 bridgehead atoms. The summed E-state index contributed by atoms with van der Waals surface area (Å²) in [5.41, 5.74) is 0. The zero-order chi connectivity index (χ0) is 16.3.